The van der Waals surface area contributed by atoms with Crippen LogP contribution in [0.1, 0.15) is 19.4 Å². The number of carbonyl (C=O) groups excluding carboxylic acids is 2. The molecule has 0 aliphatic carbocycles. The van der Waals surface area contributed by atoms with E-state index in [9.17, 15) is 14.0 Å². The molecule has 0 spiro atoms. The normalized spacial score (nSPS) is 10.5. The van der Waals surface area contributed by atoms with Gasteiger partial charge in [0.2, 0.25) is 5.91 Å². The van der Waals surface area contributed by atoms with Crippen molar-refractivity contribution >= 4 is 17.6 Å². The van der Waals surface area contributed by atoms with E-state index in [1.165, 1.54) is 12.1 Å². The van der Waals surface area contributed by atoms with E-state index < -0.39 is 5.82 Å². The topological polar surface area (TPSA) is 58.6 Å². The second-order valence-corrected chi connectivity index (χ2v) is 4.62. The summed E-state index contributed by atoms with van der Waals surface area (Å²) in [6.45, 7) is 6.31. The molecule has 0 saturated carbocycles. The first-order valence-electron chi connectivity index (χ1n) is 6.90. The van der Waals surface area contributed by atoms with Gasteiger partial charge in [-0.1, -0.05) is 13.0 Å². The van der Waals surface area contributed by atoms with Gasteiger partial charge in [0, 0.05) is 5.69 Å². The fourth-order valence-electron chi connectivity index (χ4n) is 1.79. The zero-order valence-corrected chi connectivity index (χ0v) is 12.6. The van der Waals surface area contributed by atoms with Crippen LogP contribution >= 0.6 is 0 Å². The summed E-state index contributed by atoms with van der Waals surface area (Å²) in [6, 6.07) is 4.21. The summed E-state index contributed by atoms with van der Waals surface area (Å²) in [5.41, 5.74) is 1.21. The van der Waals surface area contributed by atoms with Crippen molar-refractivity contribution in [1.82, 2.24) is 4.90 Å². The molecule has 0 heterocycles. The van der Waals surface area contributed by atoms with Gasteiger partial charge in [-0.25, -0.2) is 4.39 Å². The molecule has 0 unspecified atom stereocenters. The van der Waals surface area contributed by atoms with Crippen LogP contribution in [0.15, 0.2) is 18.2 Å². The lowest BCUT2D eigenvalue weighted by Crippen LogP contribution is -2.37. The first-order valence-corrected chi connectivity index (χ1v) is 6.90. The predicted molar refractivity (Wildman–Crippen MR) is 78.5 cm³/mol. The number of ether oxygens (including phenoxy) is 1. The van der Waals surface area contributed by atoms with Crippen molar-refractivity contribution in [1.29, 1.82) is 0 Å². The Labute approximate surface area is 124 Å². The molecule has 1 N–H and O–H groups in total. The standard InChI is InChI=1S/C15H21FN2O3/c1-4-18(10-15(20)21-5-2)9-14(19)17-13-8-12(16)7-6-11(13)3/h6-8H,4-5,9-10H2,1-3H3,(H,17,19). The van der Waals surface area contributed by atoms with E-state index in [0.717, 1.165) is 5.56 Å². The highest BCUT2D eigenvalue weighted by Gasteiger charge is 2.14. The zero-order chi connectivity index (χ0) is 15.8. The van der Waals surface area contributed by atoms with Gasteiger partial charge in [-0.3, -0.25) is 14.5 Å². The molecule has 0 atom stereocenters. The van der Waals surface area contributed by atoms with E-state index in [1.54, 1.807) is 24.8 Å². The lowest BCUT2D eigenvalue weighted by atomic mass is 10.2. The van der Waals surface area contributed by atoms with Crippen LogP contribution in [-0.4, -0.2) is 43.0 Å². The minimum atomic E-state index is -0.408. The first-order chi connectivity index (χ1) is 9.96. The Balaban J connectivity index is 2.58. The summed E-state index contributed by atoms with van der Waals surface area (Å²) in [7, 11) is 0. The maximum absolute atomic E-state index is 13.2. The number of hydrogen-bond acceptors (Lipinski definition) is 4. The van der Waals surface area contributed by atoms with Crippen molar-refractivity contribution in [3.05, 3.63) is 29.6 Å². The third-order valence-electron chi connectivity index (χ3n) is 2.95. The Morgan fingerprint density at radius 3 is 2.62 bits per heavy atom. The van der Waals surface area contributed by atoms with Crippen LogP contribution in [0.3, 0.4) is 0 Å². The molecule has 0 saturated heterocycles. The Kier molecular flexibility index (Phi) is 6.81. The number of anilines is 1. The molecule has 0 radical (unpaired) electrons. The number of halogens is 1. The SMILES string of the molecule is CCOC(=O)CN(CC)CC(=O)Nc1cc(F)ccc1C. The fourth-order valence-corrected chi connectivity index (χ4v) is 1.79. The van der Waals surface area contributed by atoms with Gasteiger partial charge >= 0.3 is 5.97 Å². The second-order valence-electron chi connectivity index (χ2n) is 4.62. The van der Waals surface area contributed by atoms with Crippen LogP contribution in [0.25, 0.3) is 0 Å². The maximum Gasteiger partial charge on any atom is 0.320 e. The number of rotatable bonds is 7. The van der Waals surface area contributed by atoms with Gasteiger partial charge in [0.15, 0.2) is 0 Å². The third-order valence-corrected chi connectivity index (χ3v) is 2.95. The molecule has 1 aromatic carbocycles. The van der Waals surface area contributed by atoms with Crippen molar-refractivity contribution in [3.8, 4) is 0 Å². The molecule has 1 aromatic rings. The summed E-state index contributed by atoms with van der Waals surface area (Å²) in [5.74, 6) is -1.07. The van der Waals surface area contributed by atoms with Gasteiger partial charge in [-0.05, 0) is 38.1 Å². The quantitative estimate of drug-likeness (QED) is 0.781. The van der Waals surface area contributed by atoms with Crippen molar-refractivity contribution in [2.75, 3.05) is 31.6 Å². The molecule has 5 nitrogen and oxygen atoms in total. The summed E-state index contributed by atoms with van der Waals surface area (Å²) < 4.78 is 18.0. The molecule has 0 bridgehead atoms. The Bertz CT molecular complexity index is 506. The first kappa shape index (κ1) is 17.1. The number of esters is 1. The van der Waals surface area contributed by atoms with Crippen molar-refractivity contribution in [2.45, 2.75) is 20.8 Å². The molecule has 116 valence electrons. The molecule has 6 heteroatoms. The monoisotopic (exact) mass is 296 g/mol. The minimum absolute atomic E-state index is 0.0469. The number of amides is 1. The summed E-state index contributed by atoms with van der Waals surface area (Å²) >= 11 is 0. The molecule has 0 aliphatic rings. The van der Waals surface area contributed by atoms with Gasteiger partial charge in [0.05, 0.1) is 19.7 Å². The van der Waals surface area contributed by atoms with Crippen LogP contribution in [0.4, 0.5) is 10.1 Å². The van der Waals surface area contributed by atoms with Crippen LogP contribution in [0, 0.1) is 12.7 Å². The number of aryl methyl sites for hydroxylation is 1. The van der Waals surface area contributed by atoms with Crippen molar-refractivity contribution in [2.24, 2.45) is 0 Å². The predicted octanol–water partition coefficient (Wildman–Crippen LogP) is 1.96. The second kappa shape index (κ2) is 8.36. The van der Waals surface area contributed by atoms with Crippen LogP contribution in [0.2, 0.25) is 0 Å². The van der Waals surface area contributed by atoms with E-state index >= 15 is 0 Å². The lowest BCUT2D eigenvalue weighted by Gasteiger charge is -2.19. The highest BCUT2D eigenvalue weighted by Crippen LogP contribution is 2.15. The Hall–Kier alpha value is -1.95. The van der Waals surface area contributed by atoms with Crippen molar-refractivity contribution in [3.63, 3.8) is 0 Å². The van der Waals surface area contributed by atoms with E-state index in [-0.39, 0.29) is 25.0 Å². The number of nitrogens with one attached hydrogen (secondary N) is 1. The van der Waals surface area contributed by atoms with Crippen molar-refractivity contribution < 1.29 is 18.7 Å². The van der Waals surface area contributed by atoms with Crippen LogP contribution in [0.5, 0.6) is 0 Å². The molecular weight excluding hydrogens is 275 g/mol. The van der Waals surface area contributed by atoms with E-state index in [1.807, 2.05) is 6.92 Å². The Morgan fingerprint density at radius 1 is 1.29 bits per heavy atom. The van der Waals surface area contributed by atoms with Crippen LogP contribution < -0.4 is 5.32 Å². The van der Waals surface area contributed by atoms with Gasteiger partial charge in [-0.15, -0.1) is 0 Å². The molecule has 0 aromatic heterocycles. The minimum Gasteiger partial charge on any atom is -0.465 e. The maximum atomic E-state index is 13.2. The summed E-state index contributed by atoms with van der Waals surface area (Å²) in [6.07, 6.45) is 0. The highest BCUT2D eigenvalue weighted by atomic mass is 19.1. The molecule has 21 heavy (non-hydrogen) atoms. The van der Waals surface area contributed by atoms with E-state index in [4.69, 9.17) is 4.74 Å². The number of carbonyl (C=O) groups is 2. The van der Waals surface area contributed by atoms with Gasteiger partial charge in [0.25, 0.3) is 0 Å². The number of hydrogen-bond donors (Lipinski definition) is 1. The highest BCUT2D eigenvalue weighted by molar-refractivity contribution is 5.93. The molecule has 1 amide bonds. The Morgan fingerprint density at radius 2 is 2.00 bits per heavy atom. The molecule has 0 aliphatic heterocycles. The lowest BCUT2D eigenvalue weighted by molar-refractivity contribution is -0.144. The van der Waals surface area contributed by atoms with E-state index in [0.29, 0.717) is 18.8 Å². The van der Waals surface area contributed by atoms with E-state index in [2.05, 4.69) is 5.32 Å². The number of likely N-dealkylation sites (N-methyl/N-ethyl adjacent to an activating group) is 1. The summed E-state index contributed by atoms with van der Waals surface area (Å²) in [4.78, 5) is 25.0. The molecule has 1 rings (SSSR count). The van der Waals surface area contributed by atoms with Crippen LogP contribution in [-0.2, 0) is 14.3 Å². The average Bonchev–Trinajstić information content (AvgIpc) is 2.42. The van der Waals surface area contributed by atoms with Gasteiger partial charge in [0.1, 0.15) is 5.82 Å². The summed E-state index contributed by atoms with van der Waals surface area (Å²) in [5, 5.41) is 2.65. The van der Waals surface area contributed by atoms with Gasteiger partial charge in [-0.2, -0.15) is 0 Å². The molecular formula is C15H21FN2O3. The number of benzene rings is 1. The smallest absolute Gasteiger partial charge is 0.320 e. The molecule has 0 fully saturated rings. The van der Waals surface area contributed by atoms with Gasteiger partial charge < -0.3 is 10.1 Å². The fraction of sp³-hybridized carbons (Fsp3) is 0.467. The number of nitrogens with zero attached hydrogens (tertiary/aromatic N) is 1. The third kappa shape index (κ3) is 5.91. The average molecular weight is 296 g/mol. The largest absolute Gasteiger partial charge is 0.465 e. The zero-order valence-electron chi connectivity index (χ0n) is 12.6.